The Morgan fingerprint density at radius 1 is 0.595 bits per heavy atom. The van der Waals surface area contributed by atoms with Gasteiger partial charge in [0.2, 0.25) is 0 Å². The van der Waals surface area contributed by atoms with Crippen LogP contribution >= 0.6 is 0 Å². The molecule has 0 aliphatic heterocycles. The lowest BCUT2D eigenvalue weighted by atomic mass is 9.55. The van der Waals surface area contributed by atoms with E-state index in [0.717, 1.165) is 12.8 Å². The van der Waals surface area contributed by atoms with Gasteiger partial charge in [-0.1, -0.05) is 155 Å². The number of fused-ring (bicyclic) bond motifs is 4. The molecule has 0 spiro atoms. The number of hydrogen-bond donors (Lipinski definition) is 0. The minimum absolute atomic E-state index is 0.163. The van der Waals surface area contributed by atoms with Crippen LogP contribution in [0.4, 0.5) is 0 Å². The van der Waals surface area contributed by atoms with Crippen LogP contribution in [-0.2, 0) is 18.3 Å². The third-order valence-corrected chi connectivity index (χ3v) is 9.99. The lowest BCUT2D eigenvalue weighted by Gasteiger charge is -2.46. The molecule has 42 heavy (non-hydrogen) atoms. The molecule has 0 fully saturated rings. The quantitative estimate of drug-likeness (QED) is 0.191. The molecule has 0 bridgehead atoms. The Kier molecular flexibility index (Phi) is 6.74. The summed E-state index contributed by atoms with van der Waals surface area (Å²) in [6, 6.07) is 44.5. The second kappa shape index (κ2) is 10.6. The van der Waals surface area contributed by atoms with Crippen LogP contribution in [0.25, 0.3) is 17.2 Å². The highest BCUT2D eigenvalue weighted by atomic mass is 14.5. The van der Waals surface area contributed by atoms with Crippen molar-refractivity contribution in [3.63, 3.8) is 0 Å². The average molecular weight is 545 g/mol. The molecule has 0 nitrogen and oxygen atoms in total. The molecular formula is C42H40. The molecule has 2 aliphatic rings. The molecule has 0 saturated heterocycles. The first-order valence-corrected chi connectivity index (χ1v) is 15.7. The fraction of sp³-hybridized carbons (Fsp3) is 0.238. The monoisotopic (exact) mass is 544 g/mol. The van der Waals surface area contributed by atoms with E-state index in [9.17, 15) is 0 Å². The van der Waals surface area contributed by atoms with Gasteiger partial charge in [-0.15, -0.1) is 0 Å². The van der Waals surface area contributed by atoms with Crippen LogP contribution in [-0.4, -0.2) is 0 Å². The summed E-state index contributed by atoms with van der Waals surface area (Å²) in [7, 11) is 0. The van der Waals surface area contributed by atoms with Crippen molar-refractivity contribution in [1.82, 2.24) is 0 Å². The fourth-order valence-corrected chi connectivity index (χ4v) is 7.84. The van der Waals surface area contributed by atoms with Crippen molar-refractivity contribution in [2.24, 2.45) is 0 Å². The fourth-order valence-electron chi connectivity index (χ4n) is 7.84. The van der Waals surface area contributed by atoms with Gasteiger partial charge in [-0.3, -0.25) is 0 Å². The Morgan fingerprint density at radius 2 is 1.14 bits per heavy atom. The van der Waals surface area contributed by atoms with Gasteiger partial charge < -0.3 is 0 Å². The molecule has 5 aromatic rings. The van der Waals surface area contributed by atoms with Gasteiger partial charge in [0.15, 0.2) is 0 Å². The van der Waals surface area contributed by atoms with Crippen LogP contribution in [0.5, 0.6) is 0 Å². The van der Waals surface area contributed by atoms with E-state index < -0.39 is 0 Å². The van der Waals surface area contributed by atoms with Crippen molar-refractivity contribution in [3.05, 3.63) is 171 Å². The van der Waals surface area contributed by atoms with E-state index in [4.69, 9.17) is 0 Å². The number of hydrogen-bond acceptors (Lipinski definition) is 0. The van der Waals surface area contributed by atoms with Gasteiger partial charge in [0.05, 0.1) is 0 Å². The van der Waals surface area contributed by atoms with Gasteiger partial charge in [-0.25, -0.2) is 0 Å². The Bertz CT molecular complexity index is 1680. The molecule has 0 N–H and O–H groups in total. The molecule has 0 aromatic heterocycles. The van der Waals surface area contributed by atoms with Crippen LogP contribution in [0.1, 0.15) is 95.5 Å². The molecule has 0 radical (unpaired) electrons. The maximum atomic E-state index is 2.52. The first kappa shape index (κ1) is 26.7. The summed E-state index contributed by atoms with van der Waals surface area (Å²) in [5.41, 5.74) is 15.1. The summed E-state index contributed by atoms with van der Waals surface area (Å²) < 4.78 is 0. The molecule has 0 amide bonds. The van der Waals surface area contributed by atoms with E-state index in [2.05, 4.69) is 155 Å². The molecule has 0 heterocycles. The Morgan fingerprint density at radius 3 is 1.64 bits per heavy atom. The van der Waals surface area contributed by atoms with Gasteiger partial charge in [0.25, 0.3) is 0 Å². The van der Waals surface area contributed by atoms with Crippen LogP contribution in [0.3, 0.4) is 0 Å². The highest BCUT2D eigenvalue weighted by Gasteiger charge is 2.53. The van der Waals surface area contributed by atoms with Gasteiger partial charge in [-0.05, 0) is 80.0 Å². The SMILES string of the molecule is CCc1ccc2c(c1)C(C(c1ccccc1)(c1ccccc1)C1C=Cc3cc(C(C)C)ccc31)c1cc(CC)ccc1-2. The standard InChI is InChI=1S/C42H40/c1-5-29-17-21-36-37-22-18-30(6-2)26-39(37)41(38(36)25-29)42(33-13-9-7-10-14-33,34-15-11-8-12-16-34)40-24-20-32-27-31(28(3)4)19-23-35(32)40/h7-28,40-41H,5-6H2,1-4H3. The summed E-state index contributed by atoms with van der Waals surface area (Å²) >= 11 is 0. The Hall–Kier alpha value is -4.16. The predicted molar refractivity (Wildman–Crippen MR) is 178 cm³/mol. The molecule has 0 heteroatoms. The van der Waals surface area contributed by atoms with Crippen LogP contribution in [0, 0.1) is 0 Å². The predicted octanol–water partition coefficient (Wildman–Crippen LogP) is 10.8. The summed E-state index contributed by atoms with van der Waals surface area (Å²) in [6.07, 6.45) is 6.97. The second-order valence-corrected chi connectivity index (χ2v) is 12.5. The Balaban J connectivity index is 1.61. The third-order valence-electron chi connectivity index (χ3n) is 9.99. The van der Waals surface area contributed by atoms with Gasteiger partial charge >= 0.3 is 0 Å². The highest BCUT2D eigenvalue weighted by molar-refractivity contribution is 5.82. The summed E-state index contributed by atoms with van der Waals surface area (Å²) in [5, 5.41) is 0. The maximum absolute atomic E-state index is 2.52. The van der Waals surface area contributed by atoms with Crippen molar-refractivity contribution < 1.29 is 0 Å². The molecule has 5 aromatic carbocycles. The molecule has 208 valence electrons. The number of rotatable bonds is 7. The van der Waals surface area contributed by atoms with Crippen molar-refractivity contribution >= 4 is 6.08 Å². The number of aryl methyl sites for hydroxylation is 2. The summed E-state index contributed by atoms with van der Waals surface area (Å²) in [6.45, 7) is 9.13. The zero-order valence-electron chi connectivity index (χ0n) is 25.3. The normalized spacial score (nSPS) is 15.6. The van der Waals surface area contributed by atoms with Crippen molar-refractivity contribution in [1.29, 1.82) is 0 Å². The lowest BCUT2D eigenvalue weighted by molar-refractivity contribution is 0.416. The third kappa shape index (κ3) is 4.03. The van der Waals surface area contributed by atoms with Crippen LogP contribution in [0.15, 0.2) is 121 Å². The smallest absolute Gasteiger partial charge is 0.0415 e. The van der Waals surface area contributed by atoms with E-state index in [-0.39, 0.29) is 17.3 Å². The van der Waals surface area contributed by atoms with Gasteiger partial charge in [0, 0.05) is 17.3 Å². The summed E-state index contributed by atoms with van der Waals surface area (Å²) in [5.74, 6) is 0.845. The van der Waals surface area contributed by atoms with E-state index in [0.29, 0.717) is 5.92 Å². The van der Waals surface area contributed by atoms with Crippen molar-refractivity contribution in [2.45, 2.75) is 63.7 Å². The largest absolute Gasteiger partial charge is 0.0751 e. The minimum atomic E-state index is -0.345. The minimum Gasteiger partial charge on any atom is -0.0751 e. The van der Waals surface area contributed by atoms with E-state index in [1.807, 2.05) is 0 Å². The van der Waals surface area contributed by atoms with Gasteiger partial charge in [-0.2, -0.15) is 0 Å². The van der Waals surface area contributed by atoms with Crippen molar-refractivity contribution in [3.8, 4) is 11.1 Å². The maximum Gasteiger partial charge on any atom is 0.0415 e. The van der Waals surface area contributed by atoms with E-state index >= 15 is 0 Å². The molecule has 1 unspecified atom stereocenters. The first-order valence-electron chi connectivity index (χ1n) is 15.7. The van der Waals surface area contributed by atoms with Crippen LogP contribution < -0.4 is 0 Å². The number of allylic oxidation sites excluding steroid dienone is 1. The van der Waals surface area contributed by atoms with Crippen molar-refractivity contribution in [2.75, 3.05) is 0 Å². The zero-order chi connectivity index (χ0) is 28.8. The van der Waals surface area contributed by atoms with E-state index in [1.165, 1.54) is 61.2 Å². The molecule has 1 atom stereocenters. The van der Waals surface area contributed by atoms with Crippen LogP contribution in [0.2, 0.25) is 0 Å². The van der Waals surface area contributed by atoms with E-state index in [1.54, 1.807) is 0 Å². The molecule has 0 saturated carbocycles. The zero-order valence-corrected chi connectivity index (χ0v) is 25.3. The lowest BCUT2D eigenvalue weighted by Crippen LogP contribution is -2.40. The first-order chi connectivity index (χ1) is 20.6. The summed E-state index contributed by atoms with van der Waals surface area (Å²) in [4.78, 5) is 0. The molecule has 2 aliphatic carbocycles. The molecular weight excluding hydrogens is 504 g/mol. The Labute approximate surface area is 251 Å². The topological polar surface area (TPSA) is 0 Å². The molecule has 7 rings (SSSR count). The highest BCUT2D eigenvalue weighted by Crippen LogP contribution is 2.63. The second-order valence-electron chi connectivity index (χ2n) is 12.5. The number of benzene rings is 5. The van der Waals surface area contributed by atoms with Gasteiger partial charge in [0.1, 0.15) is 0 Å². The average Bonchev–Trinajstić information content (AvgIpc) is 3.61.